The Balaban J connectivity index is 1.47. The molecule has 5 aliphatic heterocycles. The van der Waals surface area contributed by atoms with Crippen LogP contribution in [0, 0.1) is 11.8 Å². The van der Waals surface area contributed by atoms with Gasteiger partial charge in [0.05, 0.1) is 35.5 Å². The average Bonchev–Trinajstić information content (AvgIpc) is 3.33. The number of sulfonamides is 2. The van der Waals surface area contributed by atoms with Crippen LogP contribution in [0.15, 0.2) is 25.7 Å². The molecule has 2 bridgehead atoms. The predicted molar refractivity (Wildman–Crippen MR) is 108 cm³/mol. The predicted octanol–water partition coefficient (Wildman–Crippen LogP) is -1.11. The molecule has 2 fully saturated rings. The van der Waals surface area contributed by atoms with Crippen LogP contribution in [0.4, 0.5) is 0 Å². The van der Waals surface area contributed by atoms with Gasteiger partial charge in [-0.05, 0) is 12.8 Å². The Morgan fingerprint density at radius 1 is 1.33 bits per heavy atom. The van der Waals surface area contributed by atoms with Crippen LogP contribution in [0.1, 0.15) is 12.8 Å². The van der Waals surface area contributed by atoms with Gasteiger partial charge in [0.15, 0.2) is 5.84 Å². The number of rotatable bonds is 4. The molecule has 4 N–H and O–H groups in total. The summed E-state index contributed by atoms with van der Waals surface area (Å²) in [5.41, 5.74) is -0.194. The van der Waals surface area contributed by atoms with E-state index >= 15 is 0 Å². The fourth-order valence-electron chi connectivity index (χ4n) is 4.70. The summed E-state index contributed by atoms with van der Waals surface area (Å²) in [5.74, 6) is -1.72. The quantitative estimate of drug-likeness (QED) is 0.394. The van der Waals surface area contributed by atoms with Gasteiger partial charge in [-0.3, -0.25) is 4.79 Å². The largest absolute Gasteiger partial charge is 0.511 e. The number of aliphatic hydroxyl groups is 1. The van der Waals surface area contributed by atoms with Crippen LogP contribution in [0.5, 0.6) is 0 Å². The first-order chi connectivity index (χ1) is 14.0. The zero-order valence-electron chi connectivity index (χ0n) is 15.8. The zero-order chi connectivity index (χ0) is 21.4. The molecule has 0 aromatic rings. The number of ether oxygens (including phenoxy) is 1. The molecule has 164 valence electrons. The maximum atomic E-state index is 12.9. The third kappa shape index (κ3) is 3.16. The van der Waals surface area contributed by atoms with Crippen molar-refractivity contribution in [3.63, 3.8) is 0 Å². The van der Waals surface area contributed by atoms with Gasteiger partial charge in [0.2, 0.25) is 10.0 Å². The van der Waals surface area contributed by atoms with Crippen molar-refractivity contribution in [1.29, 1.82) is 0 Å². The van der Waals surface area contributed by atoms with E-state index in [-0.39, 0.29) is 46.9 Å². The Kier molecular flexibility index (Phi) is 4.53. The van der Waals surface area contributed by atoms with Crippen molar-refractivity contribution in [3.8, 4) is 0 Å². The molecule has 5 aliphatic rings. The van der Waals surface area contributed by atoms with Crippen molar-refractivity contribution in [2.75, 3.05) is 18.6 Å². The number of aliphatic hydroxyl groups excluding tert-OH is 1. The van der Waals surface area contributed by atoms with E-state index in [0.717, 1.165) is 19.1 Å². The molecule has 0 spiro atoms. The molecule has 5 rings (SSSR count). The van der Waals surface area contributed by atoms with Crippen LogP contribution >= 0.6 is 11.8 Å². The summed E-state index contributed by atoms with van der Waals surface area (Å²) in [6.07, 6.45) is 2.19. The van der Waals surface area contributed by atoms with Crippen molar-refractivity contribution < 1.29 is 31.5 Å². The molecule has 0 saturated carbocycles. The van der Waals surface area contributed by atoms with Gasteiger partial charge in [-0.15, -0.1) is 16.2 Å². The molecule has 0 aliphatic carbocycles. The van der Waals surface area contributed by atoms with Gasteiger partial charge >= 0.3 is 0 Å². The minimum absolute atomic E-state index is 0.00941. The number of carbonyl (C=O) groups is 1. The molecule has 5 heterocycles. The molecular formula is C16H20N4O7S3. The molecule has 30 heavy (non-hydrogen) atoms. The Hall–Kier alpha value is -1.61. The lowest BCUT2D eigenvalue weighted by atomic mass is 9.79. The smallest absolute Gasteiger partial charge is 0.283 e. The van der Waals surface area contributed by atoms with E-state index in [1.165, 1.54) is 11.8 Å². The topological polar surface area (TPSA) is 163 Å². The second-order valence-electron chi connectivity index (χ2n) is 7.94. The first-order valence-corrected chi connectivity index (χ1v) is 13.7. The second kappa shape index (κ2) is 6.69. The van der Waals surface area contributed by atoms with Crippen LogP contribution in [-0.2, 0) is 29.6 Å². The lowest BCUT2D eigenvalue weighted by Gasteiger charge is -2.34. The van der Waals surface area contributed by atoms with Gasteiger partial charge in [0, 0.05) is 18.2 Å². The third-order valence-corrected chi connectivity index (χ3v) is 9.46. The van der Waals surface area contributed by atoms with Crippen molar-refractivity contribution in [1.82, 2.24) is 15.4 Å². The molecular weight excluding hydrogens is 456 g/mol. The Bertz CT molecular complexity index is 1140. The van der Waals surface area contributed by atoms with Crippen LogP contribution in [0.2, 0.25) is 0 Å². The summed E-state index contributed by atoms with van der Waals surface area (Å²) in [7, 11) is -7.64. The highest BCUT2D eigenvalue weighted by Gasteiger charge is 2.55. The van der Waals surface area contributed by atoms with E-state index in [4.69, 9.17) is 4.74 Å². The number of amidine groups is 1. The number of fused-ring (bicyclic) bond motifs is 5. The summed E-state index contributed by atoms with van der Waals surface area (Å²) in [6, 6.07) is -0.331. The van der Waals surface area contributed by atoms with Gasteiger partial charge in [0.25, 0.3) is 15.9 Å². The number of thioether (sulfide) groups is 1. The summed E-state index contributed by atoms with van der Waals surface area (Å²) >= 11 is 1.20. The van der Waals surface area contributed by atoms with Crippen LogP contribution in [0.3, 0.4) is 0 Å². The number of hydrogen-bond donors (Lipinski definition) is 4. The molecule has 0 aromatic heterocycles. The number of nitrogens with one attached hydrogen (secondary N) is 3. The van der Waals surface area contributed by atoms with Gasteiger partial charge in [-0.25, -0.2) is 13.1 Å². The second-order valence-corrected chi connectivity index (χ2v) is 12.4. The Morgan fingerprint density at radius 2 is 2.07 bits per heavy atom. The molecule has 2 saturated heterocycles. The lowest BCUT2D eigenvalue weighted by Crippen LogP contribution is -2.54. The number of amides is 1. The molecule has 0 radical (unpaired) electrons. The van der Waals surface area contributed by atoms with E-state index < -0.39 is 37.8 Å². The highest BCUT2D eigenvalue weighted by molar-refractivity contribution is 8.05. The average molecular weight is 477 g/mol. The monoisotopic (exact) mass is 476 g/mol. The summed E-state index contributed by atoms with van der Waals surface area (Å²) in [6.45, 7) is -0.0744. The molecule has 0 aromatic carbocycles. The fourth-order valence-corrected chi connectivity index (χ4v) is 8.28. The maximum Gasteiger partial charge on any atom is 0.283 e. The highest BCUT2D eigenvalue weighted by Crippen LogP contribution is 2.45. The van der Waals surface area contributed by atoms with E-state index in [2.05, 4.69) is 19.8 Å². The number of nitrogens with zero attached hydrogens (tertiary/aromatic N) is 1. The summed E-state index contributed by atoms with van der Waals surface area (Å²) < 4.78 is 60.4. The van der Waals surface area contributed by atoms with E-state index in [9.17, 15) is 26.7 Å². The third-order valence-electron chi connectivity index (χ3n) is 5.94. The first-order valence-electron chi connectivity index (χ1n) is 9.38. The van der Waals surface area contributed by atoms with Crippen molar-refractivity contribution in [3.05, 3.63) is 21.3 Å². The maximum absolute atomic E-state index is 12.9. The van der Waals surface area contributed by atoms with E-state index in [1.807, 2.05) is 0 Å². The van der Waals surface area contributed by atoms with Crippen LogP contribution < -0.4 is 15.4 Å². The number of carbonyl (C=O) groups excluding carboxylic acids is 1. The minimum Gasteiger partial charge on any atom is -0.511 e. The van der Waals surface area contributed by atoms with E-state index in [1.54, 1.807) is 0 Å². The van der Waals surface area contributed by atoms with Gasteiger partial charge in [-0.2, -0.15) is 8.42 Å². The summed E-state index contributed by atoms with van der Waals surface area (Å²) in [4.78, 5) is 12.7. The van der Waals surface area contributed by atoms with Gasteiger partial charge < -0.3 is 20.5 Å². The zero-order valence-corrected chi connectivity index (χ0v) is 18.2. The van der Waals surface area contributed by atoms with Crippen molar-refractivity contribution >= 4 is 43.6 Å². The Labute approximate surface area is 177 Å². The van der Waals surface area contributed by atoms with Crippen LogP contribution in [-0.4, -0.2) is 70.5 Å². The summed E-state index contributed by atoms with van der Waals surface area (Å²) in [5, 5.41) is 16.8. The Morgan fingerprint density at radius 3 is 2.80 bits per heavy atom. The SMILES string of the molecule is CS(=O)(=O)NCC1CSC2=C1S(=O)(=O)N=C(C1=C(O)C3C4CCC(O4)C3NC1=O)N2. The van der Waals surface area contributed by atoms with Gasteiger partial charge in [-0.1, -0.05) is 0 Å². The van der Waals surface area contributed by atoms with Crippen LogP contribution in [0.25, 0.3) is 0 Å². The van der Waals surface area contributed by atoms with Crippen molar-refractivity contribution in [2.24, 2.45) is 16.2 Å². The lowest BCUT2D eigenvalue weighted by molar-refractivity contribution is -0.119. The normalized spacial score (nSPS) is 36.9. The minimum atomic E-state index is -4.16. The molecule has 5 atom stereocenters. The molecule has 5 unspecified atom stereocenters. The standard InChI is InChI=1S/C16H20N4O7S3/c1-29(23,24)17-4-6-5-28-16-13(6)30(25,26)20-14(19-16)10-12(21)9-7-2-3-8(27-7)11(9)18-15(10)22/h6-9,11,17,21H,2-5H2,1H3,(H,18,22)(H,19,20). The van der Waals surface area contributed by atoms with Crippen molar-refractivity contribution in [2.45, 2.75) is 31.1 Å². The molecule has 14 heteroatoms. The van der Waals surface area contributed by atoms with E-state index in [0.29, 0.717) is 10.8 Å². The molecule has 1 amide bonds. The fraction of sp³-hybridized carbons (Fsp3) is 0.625. The first kappa shape index (κ1) is 20.3. The van der Waals surface area contributed by atoms with Gasteiger partial charge in [0.1, 0.15) is 16.2 Å². The number of hydrogen-bond acceptors (Lipinski definition) is 9. The highest BCUT2D eigenvalue weighted by atomic mass is 32.2. The molecule has 11 nitrogen and oxygen atoms in total.